The van der Waals surface area contributed by atoms with E-state index in [4.69, 9.17) is 11.6 Å². The number of benzene rings is 3. The summed E-state index contributed by atoms with van der Waals surface area (Å²) in [4.78, 5) is 0. The molecule has 3 aromatic carbocycles. The van der Waals surface area contributed by atoms with E-state index in [9.17, 15) is 0 Å². The van der Waals surface area contributed by atoms with E-state index >= 15 is 0 Å². The molecule has 0 atom stereocenters. The molecule has 0 aliphatic rings. The normalized spacial score (nSPS) is 10.8. The van der Waals surface area contributed by atoms with Crippen LogP contribution in [0.5, 0.6) is 0 Å². The van der Waals surface area contributed by atoms with Crippen molar-refractivity contribution in [3.8, 4) is 0 Å². The Morgan fingerprint density at radius 1 is 0.905 bits per heavy atom. The first-order valence-electron chi connectivity index (χ1n) is 6.50. The average Bonchev–Trinajstić information content (AvgIpc) is 2.48. The van der Waals surface area contributed by atoms with Crippen LogP contribution in [0.2, 0.25) is 5.02 Å². The molecule has 0 amide bonds. The SMILES string of the molecule is Clc1cc(Br)ccc1CNc1ccc(Br)c2ccccc12. The van der Waals surface area contributed by atoms with Crippen LogP contribution in [0.1, 0.15) is 5.56 Å². The van der Waals surface area contributed by atoms with Gasteiger partial charge in [-0.1, -0.05) is 73.8 Å². The Morgan fingerprint density at radius 2 is 1.67 bits per heavy atom. The van der Waals surface area contributed by atoms with Crippen molar-refractivity contribution < 1.29 is 0 Å². The predicted molar refractivity (Wildman–Crippen MR) is 98.1 cm³/mol. The summed E-state index contributed by atoms with van der Waals surface area (Å²) in [6, 6.07) is 18.4. The quantitative estimate of drug-likeness (QED) is 0.497. The maximum absolute atomic E-state index is 6.26. The van der Waals surface area contributed by atoms with Crippen LogP contribution < -0.4 is 5.32 Å². The number of rotatable bonds is 3. The lowest BCUT2D eigenvalue weighted by molar-refractivity contribution is 1.15. The smallest absolute Gasteiger partial charge is 0.0467 e. The molecule has 4 heteroatoms. The van der Waals surface area contributed by atoms with Crippen LogP contribution in [-0.4, -0.2) is 0 Å². The number of anilines is 1. The van der Waals surface area contributed by atoms with Gasteiger partial charge in [-0.15, -0.1) is 0 Å². The van der Waals surface area contributed by atoms with Crippen LogP contribution in [0.3, 0.4) is 0 Å². The lowest BCUT2D eigenvalue weighted by atomic mass is 10.1. The Hall–Kier alpha value is -1.03. The molecule has 1 N–H and O–H groups in total. The van der Waals surface area contributed by atoms with E-state index in [0.717, 1.165) is 25.2 Å². The largest absolute Gasteiger partial charge is 0.380 e. The van der Waals surface area contributed by atoms with Crippen molar-refractivity contribution in [3.05, 3.63) is 74.1 Å². The summed E-state index contributed by atoms with van der Waals surface area (Å²) < 4.78 is 2.09. The van der Waals surface area contributed by atoms with E-state index in [-0.39, 0.29) is 0 Å². The van der Waals surface area contributed by atoms with Crippen molar-refractivity contribution in [2.24, 2.45) is 0 Å². The highest BCUT2D eigenvalue weighted by molar-refractivity contribution is 9.11. The molecule has 1 nitrogen and oxygen atoms in total. The minimum absolute atomic E-state index is 0.692. The molecule has 106 valence electrons. The lowest BCUT2D eigenvalue weighted by Gasteiger charge is -2.12. The third kappa shape index (κ3) is 3.25. The first kappa shape index (κ1) is 14.9. The molecule has 21 heavy (non-hydrogen) atoms. The van der Waals surface area contributed by atoms with Gasteiger partial charge >= 0.3 is 0 Å². The predicted octanol–water partition coefficient (Wildman–Crippen LogP) is 6.63. The molecule has 0 fully saturated rings. The minimum atomic E-state index is 0.692. The van der Waals surface area contributed by atoms with Gasteiger partial charge in [-0.25, -0.2) is 0 Å². The second-order valence-corrected chi connectivity index (χ2v) is 6.91. The molecular weight excluding hydrogens is 413 g/mol. The number of fused-ring (bicyclic) bond motifs is 1. The van der Waals surface area contributed by atoms with Gasteiger partial charge in [-0.05, 0) is 35.2 Å². The fraction of sp³-hybridized carbons (Fsp3) is 0.0588. The zero-order chi connectivity index (χ0) is 14.8. The summed E-state index contributed by atoms with van der Waals surface area (Å²) in [6.07, 6.45) is 0. The number of hydrogen-bond donors (Lipinski definition) is 1. The van der Waals surface area contributed by atoms with E-state index < -0.39 is 0 Å². The third-order valence-electron chi connectivity index (χ3n) is 3.36. The summed E-state index contributed by atoms with van der Waals surface area (Å²) in [5, 5.41) is 6.63. The Balaban J connectivity index is 1.90. The Labute approximate surface area is 145 Å². The summed E-state index contributed by atoms with van der Waals surface area (Å²) in [5.74, 6) is 0. The van der Waals surface area contributed by atoms with Gasteiger partial charge in [0, 0.05) is 31.6 Å². The molecule has 0 aliphatic heterocycles. The van der Waals surface area contributed by atoms with Crippen LogP contribution in [0.4, 0.5) is 5.69 Å². The van der Waals surface area contributed by atoms with Crippen molar-refractivity contribution in [1.29, 1.82) is 0 Å². The Bertz CT molecular complexity index is 802. The summed E-state index contributed by atoms with van der Waals surface area (Å²) in [5.41, 5.74) is 2.18. The molecule has 3 rings (SSSR count). The molecule has 0 spiro atoms. The molecular formula is C17H12Br2ClN. The van der Waals surface area contributed by atoms with Crippen molar-refractivity contribution in [1.82, 2.24) is 0 Å². The van der Waals surface area contributed by atoms with Crippen LogP contribution >= 0.6 is 43.5 Å². The molecule has 3 aromatic rings. The van der Waals surface area contributed by atoms with Crippen LogP contribution in [0.25, 0.3) is 10.8 Å². The van der Waals surface area contributed by atoms with Crippen LogP contribution in [0, 0.1) is 0 Å². The van der Waals surface area contributed by atoms with Gasteiger partial charge in [0.15, 0.2) is 0 Å². The zero-order valence-corrected chi connectivity index (χ0v) is 15.0. The molecule has 0 unspecified atom stereocenters. The molecule has 0 radical (unpaired) electrons. The standard InChI is InChI=1S/C17H12Br2ClN/c18-12-6-5-11(16(20)9-12)10-21-17-8-7-15(19)13-3-1-2-4-14(13)17/h1-9,21H,10H2. The molecule has 0 saturated heterocycles. The highest BCUT2D eigenvalue weighted by atomic mass is 79.9. The highest BCUT2D eigenvalue weighted by Crippen LogP contribution is 2.30. The highest BCUT2D eigenvalue weighted by Gasteiger charge is 2.05. The maximum atomic E-state index is 6.26. The van der Waals surface area contributed by atoms with E-state index in [1.54, 1.807) is 0 Å². The van der Waals surface area contributed by atoms with E-state index in [2.05, 4.69) is 61.4 Å². The zero-order valence-electron chi connectivity index (χ0n) is 11.0. The second kappa shape index (κ2) is 6.39. The second-order valence-electron chi connectivity index (χ2n) is 4.73. The summed E-state index contributed by atoms with van der Waals surface area (Å²) >= 11 is 13.3. The van der Waals surface area contributed by atoms with Crippen molar-refractivity contribution in [2.45, 2.75) is 6.54 Å². The molecule has 0 saturated carbocycles. The van der Waals surface area contributed by atoms with Gasteiger partial charge in [0.2, 0.25) is 0 Å². The molecule has 0 aromatic heterocycles. The van der Waals surface area contributed by atoms with Crippen LogP contribution in [0.15, 0.2) is 63.5 Å². The van der Waals surface area contributed by atoms with Crippen molar-refractivity contribution in [3.63, 3.8) is 0 Å². The topological polar surface area (TPSA) is 12.0 Å². The fourth-order valence-electron chi connectivity index (χ4n) is 2.27. The van der Waals surface area contributed by atoms with Gasteiger partial charge in [0.1, 0.15) is 0 Å². The van der Waals surface area contributed by atoms with Gasteiger partial charge in [0.25, 0.3) is 0 Å². The van der Waals surface area contributed by atoms with Crippen LogP contribution in [-0.2, 0) is 6.54 Å². The van der Waals surface area contributed by atoms with Gasteiger partial charge in [0.05, 0.1) is 0 Å². The molecule has 0 bridgehead atoms. The summed E-state index contributed by atoms with van der Waals surface area (Å²) in [6.45, 7) is 0.692. The third-order valence-corrected chi connectivity index (χ3v) is 4.89. The van der Waals surface area contributed by atoms with Gasteiger partial charge in [-0.3, -0.25) is 0 Å². The monoisotopic (exact) mass is 423 g/mol. The van der Waals surface area contributed by atoms with E-state index in [1.165, 1.54) is 10.8 Å². The van der Waals surface area contributed by atoms with E-state index in [1.807, 2.05) is 30.3 Å². The number of hydrogen-bond acceptors (Lipinski definition) is 1. The number of halogens is 3. The lowest BCUT2D eigenvalue weighted by Crippen LogP contribution is -2.00. The van der Waals surface area contributed by atoms with Crippen molar-refractivity contribution in [2.75, 3.05) is 5.32 Å². The Morgan fingerprint density at radius 3 is 2.43 bits per heavy atom. The van der Waals surface area contributed by atoms with E-state index in [0.29, 0.717) is 6.54 Å². The average molecular weight is 426 g/mol. The molecule has 0 heterocycles. The maximum Gasteiger partial charge on any atom is 0.0467 e. The Kier molecular flexibility index (Phi) is 4.53. The first-order valence-corrected chi connectivity index (χ1v) is 8.46. The fourth-order valence-corrected chi connectivity index (χ4v) is 3.49. The number of nitrogens with one attached hydrogen (secondary N) is 1. The first-order chi connectivity index (χ1) is 10.1. The summed E-state index contributed by atoms with van der Waals surface area (Å²) in [7, 11) is 0. The molecule has 0 aliphatic carbocycles. The van der Waals surface area contributed by atoms with Gasteiger partial charge in [-0.2, -0.15) is 0 Å². The minimum Gasteiger partial charge on any atom is -0.380 e. The van der Waals surface area contributed by atoms with Gasteiger partial charge < -0.3 is 5.32 Å². The van der Waals surface area contributed by atoms with Crippen molar-refractivity contribution >= 4 is 59.9 Å².